The van der Waals surface area contributed by atoms with Gasteiger partial charge in [-0.3, -0.25) is 4.79 Å². The van der Waals surface area contributed by atoms with Crippen molar-refractivity contribution < 1.29 is 21.6 Å². The molecule has 1 amide bonds. The van der Waals surface area contributed by atoms with E-state index in [0.717, 1.165) is 20.7 Å². The minimum Gasteiger partial charge on any atom is -0.355 e. The van der Waals surface area contributed by atoms with Gasteiger partial charge in [0, 0.05) is 19.6 Å². The van der Waals surface area contributed by atoms with Gasteiger partial charge in [0.05, 0.1) is 14.6 Å². The van der Waals surface area contributed by atoms with Gasteiger partial charge in [-0.15, -0.1) is 11.3 Å². The number of nitrogens with two attached hydrogens (primary N) is 1. The van der Waals surface area contributed by atoms with E-state index in [1.54, 1.807) is 24.3 Å². The highest BCUT2D eigenvalue weighted by atomic mass is 79.9. The fourth-order valence-electron chi connectivity index (χ4n) is 3.26. The number of piperidine rings is 1. The SMILES string of the molecule is NS(=O)(=O)c1ccc(CCNC(=O)C2CCCN(S(=O)(=O)c3ccc(Br)s3)C2)cc1. The highest BCUT2D eigenvalue weighted by Gasteiger charge is 2.33. The number of nitrogens with zero attached hydrogens (tertiary/aromatic N) is 1. The molecular formula is C18H22BrN3O5S3. The lowest BCUT2D eigenvalue weighted by Crippen LogP contribution is -2.45. The molecule has 8 nitrogen and oxygen atoms in total. The fraction of sp³-hybridized carbons (Fsp3) is 0.389. The number of thiophene rings is 1. The van der Waals surface area contributed by atoms with E-state index >= 15 is 0 Å². The van der Waals surface area contributed by atoms with Crippen LogP contribution in [-0.2, 0) is 31.3 Å². The third kappa shape index (κ3) is 5.68. The summed E-state index contributed by atoms with van der Waals surface area (Å²) in [5.41, 5.74) is 0.860. The van der Waals surface area contributed by atoms with Crippen LogP contribution in [0.5, 0.6) is 0 Å². The molecule has 1 aliphatic rings. The van der Waals surface area contributed by atoms with Crippen LogP contribution in [0.1, 0.15) is 18.4 Å². The first-order valence-electron chi connectivity index (χ1n) is 9.22. The molecule has 1 aromatic carbocycles. The van der Waals surface area contributed by atoms with E-state index in [2.05, 4.69) is 21.2 Å². The van der Waals surface area contributed by atoms with Gasteiger partial charge in [0.15, 0.2) is 0 Å². The Kier molecular flexibility index (Phi) is 7.36. The number of primary sulfonamides is 1. The van der Waals surface area contributed by atoms with Crippen molar-refractivity contribution in [1.82, 2.24) is 9.62 Å². The number of nitrogens with one attached hydrogen (secondary N) is 1. The van der Waals surface area contributed by atoms with Crippen LogP contribution < -0.4 is 10.5 Å². The van der Waals surface area contributed by atoms with E-state index in [0.29, 0.717) is 32.4 Å². The van der Waals surface area contributed by atoms with Crippen molar-refractivity contribution in [2.75, 3.05) is 19.6 Å². The molecule has 164 valence electrons. The molecule has 0 spiro atoms. The number of amides is 1. The summed E-state index contributed by atoms with van der Waals surface area (Å²) in [6, 6.07) is 9.43. The zero-order chi connectivity index (χ0) is 21.9. The van der Waals surface area contributed by atoms with Gasteiger partial charge in [0.2, 0.25) is 15.9 Å². The first kappa shape index (κ1) is 23.4. The van der Waals surface area contributed by atoms with Gasteiger partial charge in [0.25, 0.3) is 10.0 Å². The van der Waals surface area contributed by atoms with Crippen molar-refractivity contribution >= 4 is 53.2 Å². The molecule has 30 heavy (non-hydrogen) atoms. The summed E-state index contributed by atoms with van der Waals surface area (Å²) in [6.45, 7) is 0.930. The topological polar surface area (TPSA) is 127 Å². The van der Waals surface area contributed by atoms with Crippen LogP contribution in [0.3, 0.4) is 0 Å². The van der Waals surface area contributed by atoms with Crippen LogP contribution in [0.2, 0.25) is 0 Å². The second-order valence-corrected chi connectivity index (χ2v) is 13.2. The number of sulfonamides is 2. The molecule has 3 rings (SSSR count). The van der Waals surface area contributed by atoms with Crippen LogP contribution in [-0.4, -0.2) is 46.7 Å². The standard InChI is InChI=1S/C18H22BrN3O5S3/c19-16-7-8-17(28-16)30(26,27)22-11-1-2-14(12-22)18(23)21-10-9-13-3-5-15(6-4-13)29(20,24)25/h3-8,14H,1-2,9-12H2,(H,21,23)(H2,20,24,25). The molecule has 2 aromatic rings. The summed E-state index contributed by atoms with van der Waals surface area (Å²) >= 11 is 4.43. The molecule has 0 aliphatic carbocycles. The number of carbonyl (C=O) groups is 1. The molecular weight excluding hydrogens is 514 g/mol. The van der Waals surface area contributed by atoms with Crippen LogP contribution in [0.25, 0.3) is 0 Å². The largest absolute Gasteiger partial charge is 0.355 e. The summed E-state index contributed by atoms with van der Waals surface area (Å²) in [5, 5.41) is 7.93. The average Bonchev–Trinajstić information content (AvgIpc) is 3.15. The van der Waals surface area contributed by atoms with Crippen molar-refractivity contribution in [2.24, 2.45) is 11.1 Å². The average molecular weight is 536 g/mol. The number of halogens is 1. The Morgan fingerprint density at radius 2 is 1.87 bits per heavy atom. The lowest BCUT2D eigenvalue weighted by molar-refractivity contribution is -0.126. The van der Waals surface area contributed by atoms with Gasteiger partial charge in [-0.2, -0.15) is 4.31 Å². The molecule has 1 saturated heterocycles. The van der Waals surface area contributed by atoms with Gasteiger partial charge in [-0.05, 0) is 65.0 Å². The third-order valence-electron chi connectivity index (χ3n) is 4.86. The molecule has 0 radical (unpaired) electrons. The van der Waals surface area contributed by atoms with Crippen LogP contribution in [0.4, 0.5) is 0 Å². The predicted molar refractivity (Wildman–Crippen MR) is 118 cm³/mol. The highest BCUT2D eigenvalue weighted by Crippen LogP contribution is 2.30. The van der Waals surface area contributed by atoms with Gasteiger partial charge in [-0.25, -0.2) is 22.0 Å². The normalized spacial score (nSPS) is 18.3. The summed E-state index contributed by atoms with van der Waals surface area (Å²) in [7, 11) is -7.33. The molecule has 1 aliphatic heterocycles. The third-order valence-corrected chi connectivity index (χ3v) is 9.75. The van der Waals surface area contributed by atoms with E-state index in [1.165, 1.54) is 16.4 Å². The second-order valence-electron chi connectivity index (χ2n) is 6.99. The van der Waals surface area contributed by atoms with Crippen LogP contribution in [0, 0.1) is 5.92 Å². The summed E-state index contributed by atoms with van der Waals surface area (Å²) in [5.74, 6) is -0.579. The maximum atomic E-state index is 12.8. The summed E-state index contributed by atoms with van der Waals surface area (Å²) in [4.78, 5) is 12.6. The molecule has 3 N–H and O–H groups in total. The Morgan fingerprint density at radius 1 is 1.17 bits per heavy atom. The molecule has 1 unspecified atom stereocenters. The fourth-order valence-corrected chi connectivity index (χ4v) is 7.46. The summed E-state index contributed by atoms with van der Waals surface area (Å²) < 4.78 is 50.5. The van der Waals surface area contributed by atoms with Gasteiger partial charge in [0.1, 0.15) is 4.21 Å². The molecule has 1 aromatic heterocycles. The maximum Gasteiger partial charge on any atom is 0.252 e. The molecule has 1 fully saturated rings. The molecule has 0 saturated carbocycles. The van der Waals surface area contributed by atoms with E-state index in [-0.39, 0.29) is 21.6 Å². The van der Waals surface area contributed by atoms with E-state index in [9.17, 15) is 21.6 Å². The number of benzene rings is 1. The lowest BCUT2D eigenvalue weighted by Gasteiger charge is -2.30. The Labute approximate surface area is 188 Å². The second kappa shape index (κ2) is 9.45. The number of hydrogen-bond acceptors (Lipinski definition) is 6. The minimum atomic E-state index is -3.73. The van der Waals surface area contributed by atoms with E-state index in [1.807, 2.05) is 0 Å². The van der Waals surface area contributed by atoms with Gasteiger partial charge in [-0.1, -0.05) is 12.1 Å². The Morgan fingerprint density at radius 3 is 2.47 bits per heavy atom. The van der Waals surface area contributed by atoms with Crippen molar-refractivity contribution in [3.05, 3.63) is 45.7 Å². The van der Waals surface area contributed by atoms with Crippen LogP contribution in [0.15, 0.2) is 49.3 Å². The number of carbonyl (C=O) groups excluding carboxylic acids is 1. The Bertz CT molecular complexity index is 1110. The number of hydrogen-bond donors (Lipinski definition) is 2. The zero-order valence-corrected chi connectivity index (χ0v) is 20.0. The van der Waals surface area contributed by atoms with Crippen LogP contribution >= 0.6 is 27.3 Å². The van der Waals surface area contributed by atoms with Crippen molar-refractivity contribution in [3.8, 4) is 0 Å². The van der Waals surface area contributed by atoms with Crippen molar-refractivity contribution in [2.45, 2.75) is 28.4 Å². The molecule has 0 bridgehead atoms. The first-order valence-corrected chi connectivity index (χ1v) is 13.8. The van der Waals surface area contributed by atoms with Crippen molar-refractivity contribution in [3.63, 3.8) is 0 Å². The van der Waals surface area contributed by atoms with Gasteiger partial charge < -0.3 is 5.32 Å². The summed E-state index contributed by atoms with van der Waals surface area (Å²) in [6.07, 6.45) is 1.78. The molecule has 12 heteroatoms. The van der Waals surface area contributed by atoms with E-state index in [4.69, 9.17) is 5.14 Å². The monoisotopic (exact) mass is 535 g/mol. The lowest BCUT2D eigenvalue weighted by atomic mass is 9.99. The Balaban J connectivity index is 1.54. The number of rotatable bonds is 7. The quantitative estimate of drug-likeness (QED) is 0.559. The smallest absolute Gasteiger partial charge is 0.252 e. The predicted octanol–water partition coefficient (Wildman–Crippen LogP) is 1.92. The minimum absolute atomic E-state index is 0.0385. The Hall–Kier alpha value is -1.31. The first-order chi connectivity index (χ1) is 14.1. The molecule has 2 heterocycles. The zero-order valence-electron chi connectivity index (χ0n) is 16.0. The van der Waals surface area contributed by atoms with E-state index < -0.39 is 26.0 Å². The van der Waals surface area contributed by atoms with Crippen molar-refractivity contribution in [1.29, 1.82) is 0 Å². The molecule has 1 atom stereocenters. The highest BCUT2D eigenvalue weighted by molar-refractivity contribution is 9.11. The van der Waals surface area contributed by atoms with Gasteiger partial charge >= 0.3 is 0 Å². The maximum absolute atomic E-state index is 12.8.